The molecule has 0 spiro atoms. The Morgan fingerprint density at radius 3 is 1.87 bits per heavy atom. The average Bonchev–Trinajstić information content (AvgIpc) is 3.02. The zero-order valence-electron chi connectivity index (χ0n) is 28.3. The van der Waals surface area contributed by atoms with Gasteiger partial charge in [0.05, 0.1) is 19.8 Å². The monoisotopic (exact) mass is 653 g/mol. The molecule has 3 N–H and O–H groups in total. The van der Waals surface area contributed by atoms with Crippen molar-refractivity contribution in [2.45, 2.75) is 129 Å². The molecule has 0 bridgehead atoms. The van der Waals surface area contributed by atoms with E-state index < -0.39 is 19.9 Å². The van der Waals surface area contributed by atoms with Crippen molar-refractivity contribution in [3.63, 3.8) is 0 Å². The topological polar surface area (TPSA) is 117 Å². The maximum absolute atomic E-state index is 12.4. The first-order chi connectivity index (χ1) is 21.9. The molecule has 0 aliphatic heterocycles. The van der Waals surface area contributed by atoms with Gasteiger partial charge in [0.25, 0.3) is 0 Å². The summed E-state index contributed by atoms with van der Waals surface area (Å²) in [6.45, 7) is 4.63. The van der Waals surface area contributed by atoms with Crippen molar-refractivity contribution in [3.8, 4) is 0 Å². The van der Waals surface area contributed by atoms with Crippen LogP contribution in [0.5, 0.6) is 0 Å². The van der Waals surface area contributed by atoms with E-state index in [4.69, 9.17) is 24.3 Å². The van der Waals surface area contributed by atoms with E-state index in [1.54, 1.807) is 0 Å². The molecule has 0 fully saturated rings. The van der Waals surface area contributed by atoms with Crippen LogP contribution in [0.4, 0.5) is 0 Å². The highest BCUT2D eigenvalue weighted by molar-refractivity contribution is 7.47. The first-order valence-corrected chi connectivity index (χ1v) is 18.8. The number of esters is 1. The second-order valence-corrected chi connectivity index (χ2v) is 12.4. The molecule has 2 atom stereocenters. The fourth-order valence-corrected chi connectivity index (χ4v) is 4.94. The fourth-order valence-electron chi connectivity index (χ4n) is 4.18. The van der Waals surface area contributed by atoms with Gasteiger partial charge in [-0.25, -0.2) is 4.57 Å². The average molecular weight is 654 g/mol. The summed E-state index contributed by atoms with van der Waals surface area (Å²) in [4.78, 5) is 22.3. The number of hydrogen-bond donors (Lipinski definition) is 2. The predicted octanol–water partition coefficient (Wildman–Crippen LogP) is 9.46. The lowest BCUT2D eigenvalue weighted by molar-refractivity contribution is -0.154. The standard InChI is InChI=1S/C36H64NO7P/c1-3-5-7-9-11-13-15-17-19-21-23-25-27-29-36(38)44-35(34-43-45(39,40)42-32-30-37)33-41-31-28-26-24-22-20-18-16-14-12-10-8-6-4-2/h5,7,11-14,17,19,23,25,35H,3-4,6,8-10,15-16,18,20-22,24,26-34,37H2,1-2H3,(H,39,40)/b7-5-,13-11-,14-12-,19-17-,25-23-. The minimum atomic E-state index is -4.29. The van der Waals surface area contributed by atoms with Crippen molar-refractivity contribution < 1.29 is 32.8 Å². The van der Waals surface area contributed by atoms with Crippen molar-refractivity contribution in [2.24, 2.45) is 5.73 Å². The van der Waals surface area contributed by atoms with Crippen LogP contribution in [0.2, 0.25) is 0 Å². The lowest BCUT2D eigenvalue weighted by atomic mass is 10.1. The summed E-state index contributed by atoms with van der Waals surface area (Å²) in [6.07, 6.45) is 38.2. The minimum Gasteiger partial charge on any atom is -0.457 e. The van der Waals surface area contributed by atoms with Gasteiger partial charge in [-0.05, 0) is 64.2 Å². The van der Waals surface area contributed by atoms with E-state index in [-0.39, 0.29) is 32.8 Å². The van der Waals surface area contributed by atoms with Gasteiger partial charge in [-0.1, -0.05) is 113 Å². The fraction of sp³-hybridized carbons (Fsp3) is 0.694. The Balaban J connectivity index is 4.28. The number of ether oxygens (including phenoxy) is 2. The molecule has 0 aromatic rings. The number of hydrogen-bond acceptors (Lipinski definition) is 7. The van der Waals surface area contributed by atoms with Gasteiger partial charge in [-0.15, -0.1) is 0 Å². The largest absolute Gasteiger partial charge is 0.472 e. The smallest absolute Gasteiger partial charge is 0.457 e. The molecule has 8 nitrogen and oxygen atoms in total. The molecule has 0 radical (unpaired) electrons. The first-order valence-electron chi connectivity index (χ1n) is 17.3. The van der Waals surface area contributed by atoms with E-state index in [0.717, 1.165) is 44.9 Å². The van der Waals surface area contributed by atoms with Gasteiger partial charge in [0.2, 0.25) is 0 Å². The molecule has 0 aliphatic rings. The Kier molecular flexibility index (Phi) is 32.2. The number of carbonyl (C=O) groups is 1. The molecule has 0 amide bonds. The van der Waals surface area contributed by atoms with Crippen molar-refractivity contribution in [1.82, 2.24) is 0 Å². The summed E-state index contributed by atoms with van der Waals surface area (Å²) in [7, 11) is -4.29. The van der Waals surface area contributed by atoms with Crippen LogP contribution in [-0.4, -0.2) is 49.9 Å². The second kappa shape index (κ2) is 33.6. The van der Waals surface area contributed by atoms with E-state index in [2.05, 4.69) is 62.5 Å². The van der Waals surface area contributed by atoms with Crippen LogP contribution in [0.15, 0.2) is 60.8 Å². The quantitative estimate of drug-likeness (QED) is 0.0319. The Hall–Kier alpha value is -1.80. The number of phosphoric ester groups is 1. The van der Waals surface area contributed by atoms with Crippen LogP contribution in [-0.2, 0) is 27.9 Å². The third-order valence-electron chi connectivity index (χ3n) is 6.68. The lowest BCUT2D eigenvalue weighted by Crippen LogP contribution is -2.28. The van der Waals surface area contributed by atoms with Crippen LogP contribution in [0.25, 0.3) is 0 Å². The number of carbonyl (C=O) groups excluding carboxylic acids is 1. The molecule has 2 unspecified atom stereocenters. The van der Waals surface area contributed by atoms with Gasteiger partial charge >= 0.3 is 13.8 Å². The molecule has 0 saturated heterocycles. The van der Waals surface area contributed by atoms with E-state index in [1.165, 1.54) is 51.4 Å². The molecule has 0 aliphatic carbocycles. The van der Waals surface area contributed by atoms with Crippen LogP contribution in [0.1, 0.15) is 123 Å². The third kappa shape index (κ3) is 33.4. The second-order valence-electron chi connectivity index (χ2n) is 11.0. The third-order valence-corrected chi connectivity index (χ3v) is 7.67. The van der Waals surface area contributed by atoms with Crippen molar-refractivity contribution in [2.75, 3.05) is 33.0 Å². The van der Waals surface area contributed by atoms with Crippen molar-refractivity contribution >= 4 is 13.8 Å². The molecule has 0 rings (SSSR count). The number of unbranched alkanes of at least 4 members (excludes halogenated alkanes) is 9. The van der Waals surface area contributed by atoms with Crippen molar-refractivity contribution in [1.29, 1.82) is 0 Å². The first kappa shape index (κ1) is 43.2. The van der Waals surface area contributed by atoms with Gasteiger partial charge in [0.1, 0.15) is 6.10 Å². The molecule has 9 heteroatoms. The summed E-state index contributed by atoms with van der Waals surface area (Å²) in [5.74, 6) is -0.416. The molecular formula is C36H64NO7P. The van der Waals surface area contributed by atoms with Gasteiger partial charge in [-0.3, -0.25) is 13.8 Å². The summed E-state index contributed by atoms with van der Waals surface area (Å²) in [5, 5.41) is 0. The van der Waals surface area contributed by atoms with Crippen molar-refractivity contribution in [3.05, 3.63) is 60.8 Å². The Morgan fingerprint density at radius 2 is 1.24 bits per heavy atom. The maximum Gasteiger partial charge on any atom is 0.472 e. The van der Waals surface area contributed by atoms with Gasteiger partial charge < -0.3 is 20.1 Å². The molecule has 0 aromatic carbocycles. The molecular weight excluding hydrogens is 589 g/mol. The molecule has 260 valence electrons. The highest BCUT2D eigenvalue weighted by atomic mass is 31.2. The lowest BCUT2D eigenvalue weighted by Gasteiger charge is -2.19. The van der Waals surface area contributed by atoms with Crippen LogP contribution in [0, 0.1) is 0 Å². The van der Waals surface area contributed by atoms with E-state index >= 15 is 0 Å². The zero-order chi connectivity index (χ0) is 33.1. The molecule has 0 aromatic heterocycles. The van der Waals surface area contributed by atoms with Crippen LogP contribution in [0.3, 0.4) is 0 Å². The Labute approximate surface area is 274 Å². The maximum atomic E-state index is 12.4. The summed E-state index contributed by atoms with van der Waals surface area (Å²) in [5.41, 5.74) is 5.33. The van der Waals surface area contributed by atoms with Gasteiger partial charge in [0, 0.05) is 19.6 Å². The van der Waals surface area contributed by atoms with Gasteiger partial charge in [-0.2, -0.15) is 0 Å². The number of phosphoric acid groups is 1. The van der Waals surface area contributed by atoms with E-state index in [9.17, 15) is 14.3 Å². The summed E-state index contributed by atoms with van der Waals surface area (Å²) < 4.78 is 33.1. The predicted molar refractivity (Wildman–Crippen MR) is 187 cm³/mol. The SMILES string of the molecule is CC/C=C\C/C=C\C/C=C\C/C=C\CCC(=O)OC(COCCCCCCCC/C=C\CCCCC)COP(=O)(O)OCCN. The van der Waals surface area contributed by atoms with E-state index in [0.29, 0.717) is 13.0 Å². The molecule has 0 saturated carbocycles. The highest BCUT2D eigenvalue weighted by Gasteiger charge is 2.25. The number of rotatable bonds is 32. The Morgan fingerprint density at radius 1 is 0.689 bits per heavy atom. The highest BCUT2D eigenvalue weighted by Crippen LogP contribution is 2.43. The van der Waals surface area contributed by atoms with Gasteiger partial charge in [0.15, 0.2) is 0 Å². The summed E-state index contributed by atoms with van der Waals surface area (Å²) in [6, 6.07) is 0. The minimum absolute atomic E-state index is 0.0805. The van der Waals surface area contributed by atoms with Crippen LogP contribution < -0.4 is 5.73 Å². The number of allylic oxidation sites excluding steroid dienone is 10. The Bertz CT molecular complexity index is 869. The molecule has 0 heterocycles. The summed E-state index contributed by atoms with van der Waals surface area (Å²) >= 11 is 0. The molecule has 45 heavy (non-hydrogen) atoms. The zero-order valence-corrected chi connectivity index (χ0v) is 29.2. The van der Waals surface area contributed by atoms with E-state index in [1.807, 2.05) is 12.2 Å². The number of nitrogens with two attached hydrogens (primary N) is 1. The van der Waals surface area contributed by atoms with Crippen LogP contribution >= 0.6 is 7.82 Å². The normalized spacial score (nSPS) is 14.5.